The van der Waals surface area contributed by atoms with Gasteiger partial charge in [-0.2, -0.15) is 0 Å². The van der Waals surface area contributed by atoms with E-state index in [1.165, 1.54) is 6.42 Å². The predicted molar refractivity (Wildman–Crippen MR) is 128 cm³/mol. The van der Waals surface area contributed by atoms with Crippen LogP contribution in [-0.4, -0.2) is 41.5 Å². The van der Waals surface area contributed by atoms with Gasteiger partial charge in [-0.1, -0.05) is 54.5 Å². The lowest BCUT2D eigenvalue weighted by Gasteiger charge is -2.34. The number of anilines is 1. The molecule has 0 radical (unpaired) electrons. The first-order chi connectivity index (χ1) is 14.6. The highest BCUT2D eigenvalue weighted by Gasteiger charge is 2.34. The van der Waals surface area contributed by atoms with Crippen LogP contribution in [0.4, 0.5) is 5.95 Å². The van der Waals surface area contributed by atoms with E-state index in [1.54, 1.807) is 0 Å². The van der Waals surface area contributed by atoms with Gasteiger partial charge < -0.3 is 9.64 Å². The molecule has 3 unspecified atom stereocenters. The Labute approximate surface area is 187 Å². The monoisotopic (exact) mass is 428 g/mol. The van der Waals surface area contributed by atoms with E-state index in [0.717, 1.165) is 62.5 Å². The Morgan fingerprint density at radius 3 is 2.68 bits per heavy atom. The molecule has 1 fully saturated rings. The summed E-state index contributed by atoms with van der Waals surface area (Å²) in [5.41, 5.74) is 2.66. The van der Waals surface area contributed by atoms with E-state index in [2.05, 4.69) is 51.1 Å². The van der Waals surface area contributed by atoms with E-state index in [4.69, 9.17) is 14.7 Å². The molecule has 3 atom stereocenters. The molecule has 0 aliphatic carbocycles. The summed E-state index contributed by atoms with van der Waals surface area (Å²) in [4.78, 5) is 28.4. The van der Waals surface area contributed by atoms with Gasteiger partial charge in [0.15, 0.2) is 0 Å². The first-order valence-corrected chi connectivity index (χ1v) is 11.9. The molecule has 1 aromatic heterocycles. The summed E-state index contributed by atoms with van der Waals surface area (Å²) in [6.07, 6.45) is 5.84. The third-order valence-corrected chi connectivity index (χ3v) is 6.38. The van der Waals surface area contributed by atoms with Crippen molar-refractivity contribution in [2.24, 2.45) is 16.3 Å². The van der Waals surface area contributed by atoms with Crippen LogP contribution in [0.25, 0.3) is 0 Å². The van der Waals surface area contributed by atoms with Crippen molar-refractivity contribution in [2.45, 2.75) is 85.7 Å². The van der Waals surface area contributed by atoms with Gasteiger partial charge >= 0.3 is 0 Å². The van der Waals surface area contributed by atoms with Crippen LogP contribution in [0.15, 0.2) is 22.1 Å². The van der Waals surface area contributed by atoms with Crippen LogP contribution >= 0.6 is 0 Å². The SMILES string of the molecule is C=C1N=C(C(C)(C)C)c2nc(N(CC(C)CCC)CC3CCCCO3)[nH]c(=O)c2C1C. The van der Waals surface area contributed by atoms with Crippen molar-refractivity contribution < 1.29 is 4.74 Å². The summed E-state index contributed by atoms with van der Waals surface area (Å²) < 4.78 is 6.02. The van der Waals surface area contributed by atoms with Gasteiger partial charge in [0.1, 0.15) is 0 Å². The average Bonchev–Trinajstić information content (AvgIpc) is 2.70. The molecule has 0 amide bonds. The second-order valence-corrected chi connectivity index (χ2v) is 10.4. The number of aromatic nitrogens is 2. The number of hydrogen-bond acceptors (Lipinski definition) is 5. The third-order valence-electron chi connectivity index (χ3n) is 6.38. The van der Waals surface area contributed by atoms with Crippen molar-refractivity contribution in [3.05, 3.63) is 33.9 Å². The Balaban J connectivity index is 2.03. The summed E-state index contributed by atoms with van der Waals surface area (Å²) in [6.45, 7) is 19.3. The summed E-state index contributed by atoms with van der Waals surface area (Å²) >= 11 is 0. The number of nitrogens with one attached hydrogen (secondary N) is 1. The highest BCUT2D eigenvalue weighted by molar-refractivity contribution is 6.05. The largest absolute Gasteiger partial charge is 0.376 e. The first-order valence-electron chi connectivity index (χ1n) is 11.9. The van der Waals surface area contributed by atoms with Crippen molar-refractivity contribution in [1.82, 2.24) is 9.97 Å². The summed E-state index contributed by atoms with van der Waals surface area (Å²) in [5.74, 6) is 1.00. The van der Waals surface area contributed by atoms with Gasteiger partial charge in [0.2, 0.25) is 5.95 Å². The zero-order chi connectivity index (χ0) is 22.8. The summed E-state index contributed by atoms with van der Waals surface area (Å²) in [6, 6.07) is 0. The minimum absolute atomic E-state index is 0.0805. The first kappa shape index (κ1) is 23.7. The number of allylic oxidation sites excluding steroid dienone is 1. The molecule has 0 aromatic carbocycles. The number of aromatic amines is 1. The van der Waals surface area contributed by atoms with Crippen molar-refractivity contribution in [1.29, 1.82) is 0 Å². The second-order valence-electron chi connectivity index (χ2n) is 10.4. The number of rotatable bonds is 7. The van der Waals surface area contributed by atoms with E-state index in [0.29, 0.717) is 17.4 Å². The lowest BCUT2D eigenvalue weighted by Crippen LogP contribution is -2.41. The molecule has 1 aromatic rings. The lowest BCUT2D eigenvalue weighted by atomic mass is 9.81. The zero-order valence-electron chi connectivity index (χ0n) is 20.3. The zero-order valence-corrected chi connectivity index (χ0v) is 20.3. The Morgan fingerprint density at radius 1 is 1.32 bits per heavy atom. The van der Waals surface area contributed by atoms with Crippen LogP contribution in [0.5, 0.6) is 0 Å². The molecule has 1 saturated heterocycles. The van der Waals surface area contributed by atoms with Crippen molar-refractivity contribution >= 4 is 11.7 Å². The van der Waals surface area contributed by atoms with Gasteiger partial charge in [-0.3, -0.25) is 14.8 Å². The molecular weight excluding hydrogens is 388 g/mol. The van der Waals surface area contributed by atoms with Crippen LogP contribution < -0.4 is 10.5 Å². The molecule has 3 rings (SSSR count). The molecule has 0 saturated carbocycles. The molecule has 2 aliphatic heterocycles. The number of ether oxygens (including phenoxy) is 1. The molecule has 6 heteroatoms. The van der Waals surface area contributed by atoms with Crippen LogP contribution in [0, 0.1) is 11.3 Å². The van der Waals surface area contributed by atoms with Crippen LogP contribution in [0.3, 0.4) is 0 Å². The Bertz CT molecular complexity index is 874. The normalized spacial score (nSPS) is 22.6. The number of fused-ring (bicyclic) bond motifs is 1. The molecule has 2 aliphatic rings. The molecule has 0 bridgehead atoms. The Kier molecular flexibility index (Phi) is 7.40. The average molecular weight is 429 g/mol. The van der Waals surface area contributed by atoms with Crippen molar-refractivity contribution in [3.8, 4) is 0 Å². The van der Waals surface area contributed by atoms with Gasteiger partial charge in [-0.25, -0.2) is 4.98 Å². The third kappa shape index (κ3) is 5.46. The van der Waals surface area contributed by atoms with Gasteiger partial charge in [-0.15, -0.1) is 0 Å². The topological polar surface area (TPSA) is 70.6 Å². The van der Waals surface area contributed by atoms with E-state index < -0.39 is 0 Å². The minimum Gasteiger partial charge on any atom is -0.376 e. The Hall–Kier alpha value is -1.95. The molecule has 31 heavy (non-hydrogen) atoms. The number of H-pyrrole nitrogens is 1. The van der Waals surface area contributed by atoms with E-state index in [1.807, 2.05) is 6.92 Å². The van der Waals surface area contributed by atoms with Gasteiger partial charge in [-0.05, 0) is 31.6 Å². The van der Waals surface area contributed by atoms with E-state index in [9.17, 15) is 4.79 Å². The smallest absolute Gasteiger partial charge is 0.256 e. The Morgan fingerprint density at radius 2 is 2.06 bits per heavy atom. The summed E-state index contributed by atoms with van der Waals surface area (Å²) in [5, 5.41) is 0. The fourth-order valence-corrected chi connectivity index (χ4v) is 4.59. The maximum absolute atomic E-state index is 13.3. The minimum atomic E-state index is -0.233. The maximum atomic E-state index is 13.3. The van der Waals surface area contributed by atoms with E-state index >= 15 is 0 Å². The van der Waals surface area contributed by atoms with Crippen molar-refractivity contribution in [3.63, 3.8) is 0 Å². The lowest BCUT2D eigenvalue weighted by molar-refractivity contribution is 0.0205. The van der Waals surface area contributed by atoms with Gasteiger partial charge in [0.25, 0.3) is 5.56 Å². The second kappa shape index (κ2) is 9.68. The van der Waals surface area contributed by atoms with Crippen LogP contribution in [-0.2, 0) is 4.74 Å². The van der Waals surface area contributed by atoms with Crippen LogP contribution in [0.2, 0.25) is 0 Å². The number of aliphatic imine (C=N–C) groups is 1. The fourth-order valence-electron chi connectivity index (χ4n) is 4.59. The molecule has 172 valence electrons. The highest BCUT2D eigenvalue weighted by Crippen LogP contribution is 2.35. The summed E-state index contributed by atoms with van der Waals surface area (Å²) in [7, 11) is 0. The predicted octanol–water partition coefficient (Wildman–Crippen LogP) is 5.05. The van der Waals surface area contributed by atoms with Crippen LogP contribution in [0.1, 0.15) is 90.8 Å². The van der Waals surface area contributed by atoms with E-state index in [-0.39, 0.29) is 23.0 Å². The number of nitrogens with zero attached hydrogens (tertiary/aromatic N) is 3. The highest BCUT2D eigenvalue weighted by atomic mass is 16.5. The quantitative estimate of drug-likeness (QED) is 0.660. The molecule has 3 heterocycles. The fraction of sp³-hybridized carbons (Fsp3) is 0.720. The molecular formula is C25H40N4O2. The maximum Gasteiger partial charge on any atom is 0.256 e. The van der Waals surface area contributed by atoms with Gasteiger partial charge in [0, 0.05) is 36.7 Å². The van der Waals surface area contributed by atoms with Crippen molar-refractivity contribution in [2.75, 3.05) is 24.6 Å². The number of hydrogen-bond donors (Lipinski definition) is 1. The van der Waals surface area contributed by atoms with Gasteiger partial charge in [0.05, 0.1) is 23.1 Å². The molecule has 6 nitrogen and oxygen atoms in total. The molecule has 0 spiro atoms. The molecule has 1 N–H and O–H groups in total. The standard InChI is InChI=1S/C25H40N4O2/c1-8-11-16(2)14-29(15-19-12-9-10-13-31-19)24-27-21-20(23(30)28-24)17(3)18(4)26-22(21)25(5,6)7/h16-17,19H,4,8-15H2,1-3,5-7H3,(H,27,28,30).